The van der Waals surface area contributed by atoms with E-state index >= 15 is 0 Å². The Bertz CT molecular complexity index is 1360. The molecule has 7 heteroatoms. The highest BCUT2D eigenvalue weighted by atomic mass is 32.2. The van der Waals surface area contributed by atoms with Crippen LogP contribution in [0.1, 0.15) is 45.7 Å². The Morgan fingerprint density at radius 3 is 2.43 bits per heavy atom. The average Bonchev–Trinajstić information content (AvgIpc) is 3.28. The van der Waals surface area contributed by atoms with E-state index < -0.39 is 0 Å². The molecule has 0 radical (unpaired) electrons. The number of hydrogen-bond acceptors (Lipinski definition) is 5. The number of amides is 1. The Morgan fingerprint density at radius 2 is 1.71 bits per heavy atom. The molecule has 0 aliphatic carbocycles. The van der Waals surface area contributed by atoms with Crippen molar-refractivity contribution in [2.24, 2.45) is 5.10 Å². The van der Waals surface area contributed by atoms with Gasteiger partial charge in [0.25, 0.3) is 5.91 Å². The van der Waals surface area contributed by atoms with E-state index in [2.05, 4.69) is 90.9 Å². The number of benzene rings is 3. The summed E-state index contributed by atoms with van der Waals surface area (Å²) in [6, 6.07) is 22.7. The molecule has 0 saturated heterocycles. The van der Waals surface area contributed by atoms with Crippen molar-refractivity contribution >= 4 is 34.2 Å². The van der Waals surface area contributed by atoms with Crippen molar-refractivity contribution in [3.63, 3.8) is 0 Å². The van der Waals surface area contributed by atoms with Gasteiger partial charge in [0.15, 0.2) is 11.0 Å². The first-order valence-electron chi connectivity index (χ1n) is 11.8. The molecule has 4 aromatic rings. The lowest BCUT2D eigenvalue weighted by atomic mass is 9.87. The molecule has 4 rings (SSSR count). The summed E-state index contributed by atoms with van der Waals surface area (Å²) < 4.78 is 2.04. The van der Waals surface area contributed by atoms with Gasteiger partial charge in [0, 0.05) is 17.7 Å². The first-order chi connectivity index (χ1) is 16.8. The predicted molar refractivity (Wildman–Crippen MR) is 145 cm³/mol. The van der Waals surface area contributed by atoms with Gasteiger partial charge in [-0.05, 0) is 35.6 Å². The number of hydrogen-bond donors (Lipinski definition) is 1. The average molecular weight is 486 g/mol. The standard InChI is InChI=1S/C28H31N5OS/c1-6-33-26(21-14-16-22(17-15-21)28(3,4)5)31-32-27(33)35-18-25(34)30-29-19(2)23-13-9-11-20-10-7-8-12-24(20)23/h7-17H,6,18H2,1-5H3,(H,30,34)/b29-19+. The van der Waals surface area contributed by atoms with E-state index in [1.165, 1.54) is 17.3 Å². The second-order valence-electron chi connectivity index (χ2n) is 9.43. The molecule has 35 heavy (non-hydrogen) atoms. The van der Waals surface area contributed by atoms with Gasteiger partial charge in [0.05, 0.1) is 11.5 Å². The second kappa shape index (κ2) is 10.4. The van der Waals surface area contributed by atoms with Crippen molar-refractivity contribution < 1.29 is 4.79 Å². The van der Waals surface area contributed by atoms with Crippen molar-refractivity contribution in [1.82, 2.24) is 20.2 Å². The molecule has 6 nitrogen and oxygen atoms in total. The van der Waals surface area contributed by atoms with Gasteiger partial charge < -0.3 is 4.57 Å². The van der Waals surface area contributed by atoms with Crippen molar-refractivity contribution in [1.29, 1.82) is 0 Å². The van der Waals surface area contributed by atoms with Gasteiger partial charge in [-0.15, -0.1) is 10.2 Å². The lowest BCUT2D eigenvalue weighted by molar-refractivity contribution is -0.118. The molecule has 0 aliphatic rings. The topological polar surface area (TPSA) is 72.2 Å². The van der Waals surface area contributed by atoms with Crippen LogP contribution < -0.4 is 5.43 Å². The minimum Gasteiger partial charge on any atom is -0.302 e. The molecular weight excluding hydrogens is 454 g/mol. The number of fused-ring (bicyclic) bond motifs is 1. The van der Waals surface area contributed by atoms with Crippen LogP contribution in [0.5, 0.6) is 0 Å². The Morgan fingerprint density at radius 1 is 1.00 bits per heavy atom. The van der Waals surface area contributed by atoms with Crippen LogP contribution in [0, 0.1) is 0 Å². The summed E-state index contributed by atoms with van der Waals surface area (Å²) in [4.78, 5) is 12.5. The molecule has 1 heterocycles. The van der Waals surface area contributed by atoms with Gasteiger partial charge in [-0.2, -0.15) is 5.10 Å². The van der Waals surface area contributed by atoms with E-state index in [-0.39, 0.29) is 17.1 Å². The zero-order valence-electron chi connectivity index (χ0n) is 20.9. The van der Waals surface area contributed by atoms with Gasteiger partial charge >= 0.3 is 0 Å². The fraction of sp³-hybridized carbons (Fsp3) is 0.286. The number of hydrazone groups is 1. The van der Waals surface area contributed by atoms with E-state index in [9.17, 15) is 4.79 Å². The van der Waals surface area contributed by atoms with E-state index in [1.54, 1.807) is 0 Å². The van der Waals surface area contributed by atoms with Crippen molar-refractivity contribution in [3.8, 4) is 11.4 Å². The molecule has 1 N–H and O–H groups in total. The summed E-state index contributed by atoms with van der Waals surface area (Å²) in [6.07, 6.45) is 0. The Hall–Kier alpha value is -3.45. The molecule has 0 aliphatic heterocycles. The summed E-state index contributed by atoms with van der Waals surface area (Å²) in [5.74, 6) is 0.824. The van der Waals surface area contributed by atoms with Crippen LogP contribution in [0.15, 0.2) is 77.0 Å². The minimum atomic E-state index is -0.184. The van der Waals surface area contributed by atoms with Gasteiger partial charge in [0.2, 0.25) is 0 Å². The first kappa shape index (κ1) is 24.7. The number of nitrogens with zero attached hydrogens (tertiary/aromatic N) is 4. The van der Waals surface area contributed by atoms with Crippen molar-refractivity contribution in [2.45, 2.75) is 51.7 Å². The summed E-state index contributed by atoms with van der Waals surface area (Å²) in [5, 5.41) is 16.1. The van der Waals surface area contributed by atoms with Crippen molar-refractivity contribution in [2.75, 3.05) is 5.75 Å². The highest BCUT2D eigenvalue weighted by Crippen LogP contribution is 2.27. The summed E-state index contributed by atoms with van der Waals surface area (Å²) in [5.41, 5.74) is 6.83. The molecule has 0 unspecified atom stereocenters. The molecule has 0 atom stereocenters. The monoisotopic (exact) mass is 485 g/mol. The van der Waals surface area contributed by atoms with Crippen LogP contribution in [-0.4, -0.2) is 32.1 Å². The highest BCUT2D eigenvalue weighted by molar-refractivity contribution is 7.99. The Labute approximate surface area is 210 Å². The smallest absolute Gasteiger partial charge is 0.250 e. The van der Waals surface area contributed by atoms with Gasteiger partial charge in [-0.3, -0.25) is 4.79 Å². The van der Waals surface area contributed by atoms with Gasteiger partial charge in [-0.25, -0.2) is 5.43 Å². The normalized spacial score (nSPS) is 12.2. The molecule has 180 valence electrons. The number of carbonyl (C=O) groups is 1. The van der Waals surface area contributed by atoms with Crippen LogP contribution in [0.2, 0.25) is 0 Å². The minimum absolute atomic E-state index is 0.0970. The molecule has 1 aromatic heterocycles. The molecule has 1 amide bonds. The first-order valence-corrected chi connectivity index (χ1v) is 12.7. The number of thioether (sulfide) groups is 1. The quantitative estimate of drug-likeness (QED) is 0.197. The molecule has 3 aromatic carbocycles. The van der Waals surface area contributed by atoms with E-state index in [4.69, 9.17) is 0 Å². The molecular formula is C28H31N5OS. The van der Waals surface area contributed by atoms with Gasteiger partial charge in [0.1, 0.15) is 0 Å². The number of nitrogens with one attached hydrogen (secondary N) is 1. The van der Waals surface area contributed by atoms with E-state index in [1.807, 2.05) is 35.8 Å². The third-order valence-corrected chi connectivity index (χ3v) is 6.87. The fourth-order valence-electron chi connectivity index (χ4n) is 3.92. The lowest BCUT2D eigenvalue weighted by Crippen LogP contribution is -2.21. The predicted octanol–water partition coefficient (Wildman–Crippen LogP) is 6.05. The zero-order valence-corrected chi connectivity index (χ0v) is 21.7. The maximum absolute atomic E-state index is 12.5. The summed E-state index contributed by atoms with van der Waals surface area (Å²) >= 11 is 1.36. The Balaban J connectivity index is 1.42. The maximum Gasteiger partial charge on any atom is 0.250 e. The number of rotatable bonds is 7. The highest BCUT2D eigenvalue weighted by Gasteiger charge is 2.17. The zero-order chi connectivity index (χ0) is 25.0. The van der Waals surface area contributed by atoms with Crippen LogP contribution in [0.3, 0.4) is 0 Å². The molecule has 0 bridgehead atoms. The third-order valence-electron chi connectivity index (χ3n) is 5.90. The third kappa shape index (κ3) is 5.62. The van der Waals surface area contributed by atoms with E-state index in [0.29, 0.717) is 11.7 Å². The SMILES string of the molecule is CCn1c(SCC(=O)N/N=C(\C)c2cccc3ccccc23)nnc1-c1ccc(C(C)(C)C)cc1. The van der Waals surface area contributed by atoms with Crippen LogP contribution >= 0.6 is 11.8 Å². The summed E-state index contributed by atoms with van der Waals surface area (Å²) in [6.45, 7) is 11.3. The largest absolute Gasteiger partial charge is 0.302 e. The van der Waals surface area contributed by atoms with Crippen LogP contribution in [0.4, 0.5) is 0 Å². The molecule has 0 saturated carbocycles. The number of carbonyl (C=O) groups excluding carboxylic acids is 1. The van der Waals surface area contributed by atoms with Crippen LogP contribution in [-0.2, 0) is 16.8 Å². The Kier molecular flexibility index (Phi) is 7.36. The fourth-order valence-corrected chi connectivity index (χ4v) is 4.72. The molecule has 0 fully saturated rings. The maximum atomic E-state index is 12.5. The van der Waals surface area contributed by atoms with Gasteiger partial charge in [-0.1, -0.05) is 99.3 Å². The number of aromatic nitrogens is 3. The second-order valence-corrected chi connectivity index (χ2v) is 10.4. The molecule has 0 spiro atoms. The summed E-state index contributed by atoms with van der Waals surface area (Å²) in [7, 11) is 0. The lowest BCUT2D eigenvalue weighted by Gasteiger charge is -2.19. The van der Waals surface area contributed by atoms with Crippen molar-refractivity contribution in [3.05, 3.63) is 77.9 Å². The van der Waals surface area contributed by atoms with Crippen LogP contribution in [0.25, 0.3) is 22.2 Å². The van der Waals surface area contributed by atoms with E-state index in [0.717, 1.165) is 33.4 Å².